The Balaban J connectivity index is 2.35. The minimum absolute atomic E-state index is 0.318. The van der Waals surface area contributed by atoms with Gasteiger partial charge < -0.3 is 5.11 Å². The highest BCUT2D eigenvalue weighted by molar-refractivity contribution is 5.78. The van der Waals surface area contributed by atoms with Crippen LogP contribution in [0.25, 0.3) is 0 Å². The SMILES string of the molecule is O=[C]N(CC1CCCC1)C(=O)O. The standard InChI is InChI=1S/C8H12NO3/c10-6-9(8(11)12)5-7-3-1-2-4-7/h7H,1-5H2,(H,11,12). The summed E-state index contributed by atoms with van der Waals surface area (Å²) in [7, 11) is 0. The van der Waals surface area contributed by atoms with Crippen LogP contribution in [0.5, 0.6) is 0 Å². The van der Waals surface area contributed by atoms with E-state index in [0.717, 1.165) is 25.7 Å². The second-order valence-electron chi connectivity index (χ2n) is 3.13. The van der Waals surface area contributed by atoms with Crippen molar-refractivity contribution in [1.82, 2.24) is 4.90 Å². The van der Waals surface area contributed by atoms with Crippen molar-refractivity contribution >= 4 is 12.5 Å². The molecule has 0 aromatic carbocycles. The molecule has 0 aromatic rings. The number of carbonyl (C=O) groups excluding carboxylic acids is 1. The summed E-state index contributed by atoms with van der Waals surface area (Å²) in [5, 5.41) is 8.50. The summed E-state index contributed by atoms with van der Waals surface area (Å²) < 4.78 is 0. The maximum absolute atomic E-state index is 10.4. The third-order valence-electron chi connectivity index (χ3n) is 2.26. The molecule has 1 radical (unpaired) electrons. The Morgan fingerprint density at radius 3 is 2.50 bits per heavy atom. The van der Waals surface area contributed by atoms with Gasteiger partial charge in [0.15, 0.2) is 0 Å². The van der Waals surface area contributed by atoms with Crippen molar-refractivity contribution < 1.29 is 14.7 Å². The molecule has 4 heteroatoms. The van der Waals surface area contributed by atoms with Crippen LogP contribution in [-0.2, 0) is 4.79 Å². The summed E-state index contributed by atoms with van der Waals surface area (Å²) in [6, 6.07) is 0. The van der Waals surface area contributed by atoms with E-state index < -0.39 is 6.09 Å². The van der Waals surface area contributed by atoms with Crippen LogP contribution in [0.4, 0.5) is 4.79 Å². The van der Waals surface area contributed by atoms with E-state index in [0.29, 0.717) is 17.4 Å². The van der Waals surface area contributed by atoms with Gasteiger partial charge in [-0.1, -0.05) is 12.8 Å². The van der Waals surface area contributed by atoms with Gasteiger partial charge in [0.25, 0.3) is 0 Å². The Labute approximate surface area is 71.2 Å². The van der Waals surface area contributed by atoms with E-state index in [9.17, 15) is 9.59 Å². The van der Waals surface area contributed by atoms with Crippen LogP contribution in [-0.4, -0.2) is 29.1 Å². The second-order valence-corrected chi connectivity index (χ2v) is 3.13. The molecule has 67 valence electrons. The molecule has 0 aromatic heterocycles. The number of carboxylic acid groups (broad SMARTS) is 1. The van der Waals surface area contributed by atoms with Crippen LogP contribution in [0, 0.1) is 5.92 Å². The Hall–Kier alpha value is -1.06. The first-order valence-electron chi connectivity index (χ1n) is 4.12. The van der Waals surface area contributed by atoms with Crippen LogP contribution < -0.4 is 0 Å². The van der Waals surface area contributed by atoms with Gasteiger partial charge in [-0.15, -0.1) is 0 Å². The van der Waals surface area contributed by atoms with Crippen molar-refractivity contribution in [1.29, 1.82) is 0 Å². The number of hydrogen-bond acceptors (Lipinski definition) is 2. The number of hydrogen-bond donors (Lipinski definition) is 1. The van der Waals surface area contributed by atoms with E-state index in [1.165, 1.54) is 6.41 Å². The van der Waals surface area contributed by atoms with Crippen LogP contribution in [0.2, 0.25) is 0 Å². The summed E-state index contributed by atoms with van der Waals surface area (Å²) in [6.45, 7) is 0.318. The minimum Gasteiger partial charge on any atom is -0.465 e. The number of carbonyl (C=O) groups is 1. The highest BCUT2D eigenvalue weighted by Crippen LogP contribution is 2.25. The summed E-state index contributed by atoms with van der Waals surface area (Å²) in [5.74, 6) is 0.363. The van der Waals surface area contributed by atoms with Gasteiger partial charge in [0.05, 0.1) is 0 Å². The quantitative estimate of drug-likeness (QED) is 0.648. The Morgan fingerprint density at radius 2 is 2.08 bits per heavy atom. The lowest BCUT2D eigenvalue weighted by atomic mass is 10.1. The number of nitrogens with zero attached hydrogens (tertiary/aromatic N) is 1. The Morgan fingerprint density at radius 1 is 1.50 bits per heavy atom. The fourth-order valence-corrected chi connectivity index (χ4v) is 1.61. The van der Waals surface area contributed by atoms with Crippen LogP contribution in [0.3, 0.4) is 0 Å². The molecule has 1 rings (SSSR count). The monoisotopic (exact) mass is 170 g/mol. The number of rotatable bonds is 3. The van der Waals surface area contributed by atoms with Crippen LogP contribution in [0.1, 0.15) is 25.7 Å². The fourth-order valence-electron chi connectivity index (χ4n) is 1.61. The van der Waals surface area contributed by atoms with Crippen molar-refractivity contribution in [2.45, 2.75) is 25.7 Å². The third-order valence-corrected chi connectivity index (χ3v) is 2.26. The van der Waals surface area contributed by atoms with Crippen molar-refractivity contribution in [2.75, 3.05) is 6.54 Å². The average molecular weight is 170 g/mol. The Kier molecular flexibility index (Phi) is 3.08. The molecule has 0 atom stereocenters. The molecule has 2 amide bonds. The van der Waals surface area contributed by atoms with Crippen molar-refractivity contribution in [3.8, 4) is 0 Å². The molecular formula is C8H12NO3. The van der Waals surface area contributed by atoms with E-state index in [1.807, 2.05) is 0 Å². The predicted molar refractivity (Wildman–Crippen MR) is 42.4 cm³/mol. The first kappa shape index (κ1) is 9.03. The molecule has 1 fully saturated rings. The summed E-state index contributed by atoms with van der Waals surface area (Å²) >= 11 is 0. The molecule has 1 aliphatic rings. The molecule has 1 N–H and O–H groups in total. The van der Waals surface area contributed by atoms with Gasteiger partial charge in [-0.25, -0.2) is 9.69 Å². The largest absolute Gasteiger partial charge is 0.465 e. The molecule has 0 spiro atoms. The zero-order valence-corrected chi connectivity index (χ0v) is 6.82. The molecule has 0 unspecified atom stereocenters. The second kappa shape index (κ2) is 4.09. The van der Waals surface area contributed by atoms with Crippen molar-refractivity contribution in [2.24, 2.45) is 5.92 Å². The Bertz CT molecular complexity index is 175. The van der Waals surface area contributed by atoms with Crippen molar-refractivity contribution in [3.63, 3.8) is 0 Å². The normalized spacial score (nSPS) is 17.7. The lowest BCUT2D eigenvalue weighted by Gasteiger charge is -2.14. The van der Waals surface area contributed by atoms with Gasteiger partial charge in [-0.05, 0) is 18.8 Å². The fraction of sp³-hybridized carbons (Fsp3) is 0.750. The summed E-state index contributed by atoms with van der Waals surface area (Å²) in [5.41, 5.74) is 0. The smallest absolute Gasteiger partial charge is 0.414 e. The van der Waals surface area contributed by atoms with E-state index in [-0.39, 0.29) is 0 Å². The lowest BCUT2D eigenvalue weighted by molar-refractivity contribution is 0.162. The average Bonchev–Trinajstić information content (AvgIpc) is 2.51. The zero-order chi connectivity index (χ0) is 8.97. The molecular weight excluding hydrogens is 158 g/mol. The maximum Gasteiger partial charge on any atom is 0.414 e. The van der Waals surface area contributed by atoms with Gasteiger partial charge in [-0.3, -0.25) is 4.79 Å². The van der Waals surface area contributed by atoms with Crippen LogP contribution >= 0.6 is 0 Å². The summed E-state index contributed by atoms with van der Waals surface area (Å²) in [4.78, 5) is 21.2. The number of imide groups is 1. The molecule has 1 aliphatic carbocycles. The van der Waals surface area contributed by atoms with Gasteiger partial charge in [0.1, 0.15) is 0 Å². The van der Waals surface area contributed by atoms with E-state index in [4.69, 9.17) is 5.11 Å². The summed E-state index contributed by atoms with van der Waals surface area (Å²) in [6.07, 6.45) is 4.58. The first-order chi connectivity index (χ1) is 5.74. The van der Waals surface area contributed by atoms with Crippen molar-refractivity contribution in [3.05, 3.63) is 0 Å². The predicted octanol–water partition coefficient (Wildman–Crippen LogP) is 1.22. The van der Waals surface area contributed by atoms with Crippen LogP contribution in [0.15, 0.2) is 0 Å². The maximum atomic E-state index is 10.4. The van der Waals surface area contributed by atoms with E-state index in [2.05, 4.69) is 0 Å². The first-order valence-corrected chi connectivity index (χ1v) is 4.12. The molecule has 0 saturated heterocycles. The molecule has 4 nitrogen and oxygen atoms in total. The zero-order valence-electron chi connectivity index (χ0n) is 6.82. The number of amides is 2. The molecule has 0 bridgehead atoms. The minimum atomic E-state index is -1.20. The van der Waals surface area contributed by atoms with Gasteiger partial charge in [0.2, 0.25) is 0 Å². The highest BCUT2D eigenvalue weighted by Gasteiger charge is 2.21. The molecule has 0 heterocycles. The van der Waals surface area contributed by atoms with E-state index >= 15 is 0 Å². The van der Waals surface area contributed by atoms with Gasteiger partial charge in [0, 0.05) is 6.54 Å². The van der Waals surface area contributed by atoms with Gasteiger partial charge >= 0.3 is 12.5 Å². The van der Waals surface area contributed by atoms with E-state index in [1.54, 1.807) is 0 Å². The molecule has 12 heavy (non-hydrogen) atoms. The van der Waals surface area contributed by atoms with Gasteiger partial charge in [-0.2, -0.15) is 0 Å². The molecule has 0 aliphatic heterocycles. The lowest BCUT2D eigenvalue weighted by Crippen LogP contribution is -2.32. The topological polar surface area (TPSA) is 57.6 Å². The third kappa shape index (κ3) is 2.22. The highest BCUT2D eigenvalue weighted by atomic mass is 16.4. The molecule has 1 saturated carbocycles.